The molecule has 8 heteroatoms. The maximum Gasteiger partial charge on any atom is 0.338 e. The van der Waals surface area contributed by atoms with E-state index in [9.17, 15) is 9.59 Å². The SMILES string of the molecule is Cn1c(=O)n(C(=O)N2CCCC2)c2cnc(Cc3ccc(Cl)cc3)nc21. The molecule has 26 heavy (non-hydrogen) atoms. The Hall–Kier alpha value is -2.67. The number of likely N-dealkylation sites (tertiary alicyclic amines) is 1. The van der Waals surface area contributed by atoms with Gasteiger partial charge in [0.15, 0.2) is 5.65 Å². The van der Waals surface area contributed by atoms with Crippen LogP contribution in [0.5, 0.6) is 0 Å². The normalized spacial score (nSPS) is 14.3. The van der Waals surface area contributed by atoms with Crippen LogP contribution in [0.3, 0.4) is 0 Å². The molecule has 0 aliphatic carbocycles. The summed E-state index contributed by atoms with van der Waals surface area (Å²) in [5, 5.41) is 0.671. The topological polar surface area (TPSA) is 73.0 Å². The van der Waals surface area contributed by atoms with Crippen LogP contribution < -0.4 is 5.69 Å². The summed E-state index contributed by atoms with van der Waals surface area (Å²) < 4.78 is 2.57. The molecule has 1 amide bonds. The van der Waals surface area contributed by atoms with Crippen LogP contribution in [-0.2, 0) is 13.5 Å². The molecular weight excluding hydrogens is 354 g/mol. The Morgan fingerprint density at radius 2 is 1.88 bits per heavy atom. The highest BCUT2D eigenvalue weighted by Crippen LogP contribution is 2.16. The van der Waals surface area contributed by atoms with Gasteiger partial charge in [0.2, 0.25) is 0 Å². The van der Waals surface area contributed by atoms with Gasteiger partial charge in [0.1, 0.15) is 11.3 Å². The second-order valence-electron chi connectivity index (χ2n) is 6.45. The van der Waals surface area contributed by atoms with E-state index in [0.29, 0.717) is 41.5 Å². The van der Waals surface area contributed by atoms with E-state index >= 15 is 0 Å². The molecule has 1 fully saturated rings. The number of amides is 1. The minimum atomic E-state index is -0.394. The van der Waals surface area contributed by atoms with Crippen LogP contribution in [0.1, 0.15) is 24.2 Å². The lowest BCUT2D eigenvalue weighted by Crippen LogP contribution is -2.38. The van der Waals surface area contributed by atoms with E-state index in [-0.39, 0.29) is 6.03 Å². The summed E-state index contributed by atoms with van der Waals surface area (Å²) in [5.41, 5.74) is 1.52. The molecule has 1 aromatic carbocycles. The molecule has 2 aromatic heterocycles. The Bertz CT molecular complexity index is 1030. The molecule has 0 bridgehead atoms. The van der Waals surface area contributed by atoms with Gasteiger partial charge in [-0.2, -0.15) is 0 Å². The number of imidazole rings is 1. The van der Waals surface area contributed by atoms with Crippen LogP contribution in [0.15, 0.2) is 35.3 Å². The highest BCUT2D eigenvalue weighted by Gasteiger charge is 2.25. The molecule has 0 atom stereocenters. The predicted octanol–water partition coefficient (Wildman–Crippen LogP) is 2.44. The van der Waals surface area contributed by atoms with Gasteiger partial charge in [0, 0.05) is 31.6 Å². The second-order valence-corrected chi connectivity index (χ2v) is 6.89. The van der Waals surface area contributed by atoms with Gasteiger partial charge in [0.05, 0.1) is 6.20 Å². The van der Waals surface area contributed by atoms with Crippen molar-refractivity contribution in [2.75, 3.05) is 13.1 Å². The van der Waals surface area contributed by atoms with Crippen molar-refractivity contribution in [2.45, 2.75) is 19.3 Å². The number of nitrogens with zero attached hydrogens (tertiary/aromatic N) is 5. The van der Waals surface area contributed by atoms with E-state index in [1.165, 1.54) is 9.13 Å². The highest BCUT2D eigenvalue weighted by atomic mass is 35.5. The van der Waals surface area contributed by atoms with Gasteiger partial charge >= 0.3 is 11.7 Å². The summed E-state index contributed by atoms with van der Waals surface area (Å²) in [6.45, 7) is 1.36. The molecule has 3 aromatic rings. The molecule has 0 spiro atoms. The van der Waals surface area contributed by atoms with Gasteiger partial charge in [-0.1, -0.05) is 23.7 Å². The fourth-order valence-electron chi connectivity index (χ4n) is 3.25. The lowest BCUT2D eigenvalue weighted by molar-refractivity contribution is 0.210. The van der Waals surface area contributed by atoms with Crippen LogP contribution in [0.2, 0.25) is 5.02 Å². The zero-order valence-corrected chi connectivity index (χ0v) is 15.1. The van der Waals surface area contributed by atoms with Crippen LogP contribution in [0, 0.1) is 0 Å². The molecule has 1 aliphatic heterocycles. The van der Waals surface area contributed by atoms with Crippen molar-refractivity contribution in [1.82, 2.24) is 24.0 Å². The Kier molecular flexibility index (Phi) is 4.24. The summed E-state index contributed by atoms with van der Waals surface area (Å²) in [6, 6.07) is 7.16. The first-order valence-corrected chi connectivity index (χ1v) is 8.89. The summed E-state index contributed by atoms with van der Waals surface area (Å²) >= 11 is 5.91. The number of aromatic nitrogens is 4. The van der Waals surface area contributed by atoms with Crippen LogP contribution in [-0.4, -0.2) is 43.1 Å². The third kappa shape index (κ3) is 2.88. The van der Waals surface area contributed by atoms with E-state index in [1.807, 2.05) is 24.3 Å². The van der Waals surface area contributed by atoms with Gasteiger partial charge < -0.3 is 4.90 Å². The molecule has 0 unspecified atom stereocenters. The van der Waals surface area contributed by atoms with E-state index in [0.717, 1.165) is 18.4 Å². The molecule has 134 valence electrons. The average Bonchev–Trinajstić information content (AvgIpc) is 3.25. The fourth-order valence-corrected chi connectivity index (χ4v) is 3.38. The summed E-state index contributed by atoms with van der Waals surface area (Å²) in [7, 11) is 1.62. The minimum Gasteiger partial charge on any atom is -0.324 e. The minimum absolute atomic E-state index is 0.299. The number of carbonyl (C=O) groups excluding carboxylic acids is 1. The van der Waals surface area contributed by atoms with Crippen molar-refractivity contribution in [3.05, 3.63) is 57.4 Å². The number of fused-ring (bicyclic) bond motifs is 1. The van der Waals surface area contributed by atoms with Crippen molar-refractivity contribution < 1.29 is 4.79 Å². The summed E-state index contributed by atoms with van der Waals surface area (Å²) in [6.07, 6.45) is 4.01. The summed E-state index contributed by atoms with van der Waals surface area (Å²) in [4.78, 5) is 35.9. The van der Waals surface area contributed by atoms with Crippen molar-refractivity contribution in [2.24, 2.45) is 7.05 Å². The molecule has 0 saturated carbocycles. The zero-order chi connectivity index (χ0) is 18.3. The molecule has 0 radical (unpaired) electrons. The largest absolute Gasteiger partial charge is 0.338 e. The first-order valence-electron chi connectivity index (χ1n) is 8.51. The number of carbonyl (C=O) groups is 1. The second kappa shape index (κ2) is 6.57. The maximum absolute atomic E-state index is 12.7. The number of hydrogen-bond acceptors (Lipinski definition) is 4. The number of benzene rings is 1. The Morgan fingerprint density at radius 1 is 1.19 bits per heavy atom. The van der Waals surface area contributed by atoms with Gasteiger partial charge in [-0.05, 0) is 30.5 Å². The van der Waals surface area contributed by atoms with Crippen molar-refractivity contribution in [1.29, 1.82) is 0 Å². The van der Waals surface area contributed by atoms with Crippen molar-refractivity contribution in [3.8, 4) is 0 Å². The molecular formula is C18H18ClN5O2. The average molecular weight is 372 g/mol. The number of hydrogen-bond donors (Lipinski definition) is 0. The van der Waals surface area contributed by atoms with E-state index in [2.05, 4.69) is 9.97 Å². The highest BCUT2D eigenvalue weighted by molar-refractivity contribution is 6.30. The lowest BCUT2D eigenvalue weighted by Gasteiger charge is -2.14. The molecule has 7 nitrogen and oxygen atoms in total. The third-order valence-electron chi connectivity index (χ3n) is 4.68. The third-order valence-corrected chi connectivity index (χ3v) is 4.93. The van der Waals surface area contributed by atoms with Gasteiger partial charge in [0.25, 0.3) is 0 Å². The monoisotopic (exact) mass is 371 g/mol. The Balaban J connectivity index is 1.72. The lowest BCUT2D eigenvalue weighted by atomic mass is 10.1. The van der Waals surface area contributed by atoms with Gasteiger partial charge in [-0.3, -0.25) is 4.57 Å². The number of rotatable bonds is 2. The Morgan fingerprint density at radius 3 is 2.58 bits per heavy atom. The zero-order valence-electron chi connectivity index (χ0n) is 14.4. The fraction of sp³-hybridized carbons (Fsp3) is 0.333. The van der Waals surface area contributed by atoms with Crippen LogP contribution >= 0.6 is 11.6 Å². The smallest absolute Gasteiger partial charge is 0.324 e. The maximum atomic E-state index is 12.7. The first kappa shape index (κ1) is 16.8. The first-order chi connectivity index (χ1) is 12.5. The standard InChI is InChI=1S/C18H18ClN5O2/c1-22-16-14(24(17(22)25)18(26)23-8-2-3-9-23)11-20-15(21-16)10-12-4-6-13(19)7-5-12/h4-7,11H,2-3,8-10H2,1H3. The predicted molar refractivity (Wildman–Crippen MR) is 98.6 cm³/mol. The van der Waals surface area contributed by atoms with E-state index in [4.69, 9.17) is 11.6 Å². The van der Waals surface area contributed by atoms with Gasteiger partial charge in [-0.15, -0.1) is 0 Å². The molecule has 4 rings (SSSR count). The molecule has 3 heterocycles. The van der Waals surface area contributed by atoms with E-state index < -0.39 is 5.69 Å². The molecule has 0 N–H and O–H groups in total. The van der Waals surface area contributed by atoms with Crippen molar-refractivity contribution in [3.63, 3.8) is 0 Å². The number of aryl methyl sites for hydroxylation is 1. The molecule has 1 aliphatic rings. The van der Waals surface area contributed by atoms with Crippen LogP contribution in [0.25, 0.3) is 11.2 Å². The summed E-state index contributed by atoms with van der Waals surface area (Å²) in [5.74, 6) is 0.584. The van der Waals surface area contributed by atoms with Crippen LogP contribution in [0.4, 0.5) is 4.79 Å². The quantitative estimate of drug-likeness (QED) is 0.693. The Labute approximate surface area is 154 Å². The van der Waals surface area contributed by atoms with Crippen molar-refractivity contribution >= 4 is 28.8 Å². The van der Waals surface area contributed by atoms with Gasteiger partial charge in [-0.25, -0.2) is 24.1 Å². The van der Waals surface area contributed by atoms with E-state index in [1.54, 1.807) is 18.1 Å². The molecule has 1 saturated heterocycles. The number of halogens is 1.